The summed E-state index contributed by atoms with van der Waals surface area (Å²) >= 11 is 0. The van der Waals surface area contributed by atoms with Crippen molar-refractivity contribution in [2.75, 3.05) is 26.2 Å². The lowest BCUT2D eigenvalue weighted by atomic mass is 9.85. The third-order valence-electron chi connectivity index (χ3n) is 4.65. The molecule has 0 aromatic carbocycles. The summed E-state index contributed by atoms with van der Waals surface area (Å²) in [5.74, 6) is 2.31. The molecule has 0 aromatic rings. The molecule has 2 rings (SSSR count). The van der Waals surface area contributed by atoms with E-state index in [-0.39, 0.29) is 12.4 Å². The Labute approximate surface area is 123 Å². The van der Waals surface area contributed by atoms with E-state index in [2.05, 4.69) is 24.1 Å². The highest BCUT2D eigenvalue weighted by Crippen LogP contribution is 2.24. The third kappa shape index (κ3) is 4.96. The van der Waals surface area contributed by atoms with E-state index in [9.17, 15) is 4.79 Å². The first-order valence-corrected chi connectivity index (χ1v) is 7.65. The molecule has 1 N–H and O–H groups in total. The van der Waals surface area contributed by atoms with Crippen molar-refractivity contribution in [1.29, 1.82) is 0 Å². The van der Waals surface area contributed by atoms with Crippen LogP contribution in [0.25, 0.3) is 0 Å². The molecule has 2 saturated heterocycles. The van der Waals surface area contributed by atoms with Gasteiger partial charge in [0.15, 0.2) is 0 Å². The predicted octanol–water partition coefficient (Wildman–Crippen LogP) is 2.69. The van der Waals surface area contributed by atoms with Gasteiger partial charge in [0.2, 0.25) is 5.91 Å². The molecule has 0 spiro atoms. The molecule has 0 saturated carbocycles. The molecule has 2 aliphatic heterocycles. The summed E-state index contributed by atoms with van der Waals surface area (Å²) in [5, 5.41) is 3.45. The van der Waals surface area contributed by atoms with Crippen LogP contribution in [-0.4, -0.2) is 37.0 Å². The first-order valence-electron chi connectivity index (χ1n) is 7.65. The van der Waals surface area contributed by atoms with Gasteiger partial charge in [-0.15, -0.1) is 12.4 Å². The number of rotatable bonds is 3. The van der Waals surface area contributed by atoms with Crippen LogP contribution in [0, 0.1) is 17.8 Å². The van der Waals surface area contributed by atoms with Gasteiger partial charge in [-0.3, -0.25) is 4.79 Å². The van der Waals surface area contributed by atoms with Crippen molar-refractivity contribution in [2.45, 2.75) is 46.0 Å². The van der Waals surface area contributed by atoms with Crippen LogP contribution < -0.4 is 5.32 Å². The monoisotopic (exact) mass is 288 g/mol. The molecule has 3 atom stereocenters. The van der Waals surface area contributed by atoms with Gasteiger partial charge in [-0.25, -0.2) is 0 Å². The van der Waals surface area contributed by atoms with Crippen molar-refractivity contribution in [1.82, 2.24) is 10.2 Å². The molecule has 0 bridgehead atoms. The lowest BCUT2D eigenvalue weighted by molar-refractivity contribution is -0.134. The van der Waals surface area contributed by atoms with Crippen LogP contribution in [0.15, 0.2) is 0 Å². The van der Waals surface area contributed by atoms with Crippen LogP contribution in [0.2, 0.25) is 0 Å². The zero-order chi connectivity index (χ0) is 13.0. The summed E-state index contributed by atoms with van der Waals surface area (Å²) < 4.78 is 0. The fraction of sp³-hybridized carbons (Fsp3) is 0.933. The Balaban J connectivity index is 0.00000180. The van der Waals surface area contributed by atoms with Crippen LogP contribution in [0.1, 0.15) is 46.0 Å². The van der Waals surface area contributed by atoms with E-state index in [4.69, 9.17) is 0 Å². The maximum atomic E-state index is 12.3. The highest BCUT2D eigenvalue weighted by atomic mass is 35.5. The number of nitrogens with one attached hydrogen (secondary N) is 1. The van der Waals surface area contributed by atoms with Gasteiger partial charge in [0.25, 0.3) is 0 Å². The van der Waals surface area contributed by atoms with Gasteiger partial charge in [0.05, 0.1) is 0 Å². The minimum atomic E-state index is 0. The molecule has 0 radical (unpaired) electrons. The first-order chi connectivity index (χ1) is 8.66. The smallest absolute Gasteiger partial charge is 0.222 e. The standard InChI is InChI=1S/C15H28N2O.ClH/c1-12-5-4-8-17(11-12)15(18)9-13(2)14-6-3-7-16-10-14;/h12-14,16H,3-11H2,1-2H3;1H. The molecule has 0 aliphatic carbocycles. The van der Waals surface area contributed by atoms with Gasteiger partial charge in [0, 0.05) is 19.5 Å². The maximum Gasteiger partial charge on any atom is 0.222 e. The number of likely N-dealkylation sites (tertiary alicyclic amines) is 1. The van der Waals surface area contributed by atoms with E-state index < -0.39 is 0 Å². The summed E-state index contributed by atoms with van der Waals surface area (Å²) in [6.45, 7) is 8.73. The molecule has 2 fully saturated rings. The number of nitrogens with zero attached hydrogens (tertiary/aromatic N) is 1. The lowest BCUT2D eigenvalue weighted by Crippen LogP contribution is -2.41. The Morgan fingerprint density at radius 1 is 1.37 bits per heavy atom. The van der Waals surface area contributed by atoms with Gasteiger partial charge in [-0.1, -0.05) is 13.8 Å². The van der Waals surface area contributed by atoms with E-state index in [1.54, 1.807) is 0 Å². The van der Waals surface area contributed by atoms with Gasteiger partial charge in [0.1, 0.15) is 0 Å². The van der Waals surface area contributed by atoms with E-state index in [1.165, 1.54) is 25.7 Å². The maximum absolute atomic E-state index is 12.3. The third-order valence-corrected chi connectivity index (χ3v) is 4.65. The summed E-state index contributed by atoms with van der Waals surface area (Å²) in [5.41, 5.74) is 0. The van der Waals surface area contributed by atoms with Crippen LogP contribution >= 0.6 is 12.4 Å². The zero-order valence-corrected chi connectivity index (χ0v) is 13.2. The van der Waals surface area contributed by atoms with Crippen LogP contribution in [-0.2, 0) is 4.79 Å². The number of halogens is 1. The van der Waals surface area contributed by atoms with E-state index in [0.717, 1.165) is 32.6 Å². The Hall–Kier alpha value is -0.280. The van der Waals surface area contributed by atoms with E-state index >= 15 is 0 Å². The van der Waals surface area contributed by atoms with Gasteiger partial charge in [-0.2, -0.15) is 0 Å². The summed E-state index contributed by atoms with van der Waals surface area (Å²) in [7, 11) is 0. The van der Waals surface area contributed by atoms with Crippen LogP contribution in [0.4, 0.5) is 0 Å². The molecule has 2 heterocycles. The minimum Gasteiger partial charge on any atom is -0.342 e. The quantitative estimate of drug-likeness (QED) is 0.866. The molecule has 19 heavy (non-hydrogen) atoms. The topological polar surface area (TPSA) is 32.3 Å². The average molecular weight is 289 g/mol. The zero-order valence-electron chi connectivity index (χ0n) is 12.4. The largest absolute Gasteiger partial charge is 0.342 e. The first kappa shape index (κ1) is 16.8. The van der Waals surface area contributed by atoms with Crippen molar-refractivity contribution >= 4 is 18.3 Å². The molecule has 112 valence electrons. The Bertz CT molecular complexity index is 279. The number of hydrogen-bond acceptors (Lipinski definition) is 2. The molecule has 3 nitrogen and oxygen atoms in total. The van der Waals surface area contributed by atoms with Crippen molar-refractivity contribution in [3.63, 3.8) is 0 Å². The summed E-state index contributed by atoms with van der Waals surface area (Å²) in [6, 6.07) is 0. The number of amides is 1. The normalized spacial score (nSPS) is 29.5. The van der Waals surface area contributed by atoms with Crippen molar-refractivity contribution in [3.8, 4) is 0 Å². The fourth-order valence-electron chi connectivity index (χ4n) is 3.35. The van der Waals surface area contributed by atoms with E-state index in [0.29, 0.717) is 23.7 Å². The Morgan fingerprint density at radius 2 is 2.16 bits per heavy atom. The second-order valence-corrected chi connectivity index (χ2v) is 6.37. The Morgan fingerprint density at radius 3 is 2.79 bits per heavy atom. The highest BCUT2D eigenvalue weighted by Gasteiger charge is 2.26. The Kier molecular flexibility index (Phi) is 7.16. The molecule has 3 unspecified atom stereocenters. The molecule has 0 aromatic heterocycles. The van der Waals surface area contributed by atoms with Gasteiger partial charge >= 0.3 is 0 Å². The number of piperidine rings is 2. The molecule has 4 heteroatoms. The van der Waals surface area contributed by atoms with Crippen molar-refractivity contribution in [3.05, 3.63) is 0 Å². The number of hydrogen-bond donors (Lipinski definition) is 1. The van der Waals surface area contributed by atoms with Crippen LogP contribution in [0.5, 0.6) is 0 Å². The van der Waals surface area contributed by atoms with Crippen molar-refractivity contribution < 1.29 is 4.79 Å². The molecular weight excluding hydrogens is 260 g/mol. The fourth-order valence-corrected chi connectivity index (χ4v) is 3.35. The second-order valence-electron chi connectivity index (χ2n) is 6.37. The number of carbonyl (C=O) groups excluding carboxylic acids is 1. The van der Waals surface area contributed by atoms with Gasteiger partial charge in [-0.05, 0) is 56.5 Å². The predicted molar refractivity (Wildman–Crippen MR) is 81.6 cm³/mol. The molecular formula is C15H29ClN2O. The van der Waals surface area contributed by atoms with Crippen molar-refractivity contribution in [2.24, 2.45) is 17.8 Å². The SMILES string of the molecule is CC1CCCN(C(=O)CC(C)C2CCCNC2)C1.Cl. The molecule has 2 aliphatic rings. The highest BCUT2D eigenvalue weighted by molar-refractivity contribution is 5.85. The second kappa shape index (κ2) is 8.11. The minimum absolute atomic E-state index is 0. The average Bonchev–Trinajstić information content (AvgIpc) is 2.39. The van der Waals surface area contributed by atoms with Gasteiger partial charge < -0.3 is 10.2 Å². The van der Waals surface area contributed by atoms with Crippen LogP contribution in [0.3, 0.4) is 0 Å². The summed E-state index contributed by atoms with van der Waals surface area (Å²) in [4.78, 5) is 14.4. The molecule has 1 amide bonds. The summed E-state index contributed by atoms with van der Waals surface area (Å²) in [6.07, 6.45) is 5.78. The lowest BCUT2D eigenvalue weighted by Gasteiger charge is -2.33. The van der Waals surface area contributed by atoms with E-state index in [1.807, 2.05) is 0 Å². The number of carbonyl (C=O) groups is 1.